The fourth-order valence-electron chi connectivity index (χ4n) is 7.92. The predicted octanol–water partition coefficient (Wildman–Crippen LogP) is 16.0. The van der Waals surface area contributed by atoms with Crippen molar-refractivity contribution in [2.24, 2.45) is 0 Å². The maximum Gasteiger partial charge on any atom is 0.306 e. The van der Waals surface area contributed by atoms with Crippen LogP contribution in [0, 0.1) is 0 Å². The number of unbranched alkanes of at least 4 members (excludes halogenated alkanes) is 33. The molecule has 0 aromatic heterocycles. The summed E-state index contributed by atoms with van der Waals surface area (Å²) in [7, 11) is 1.17. The second-order valence-corrected chi connectivity index (χ2v) is 21.4. The molecule has 65 heavy (non-hydrogen) atoms. The average Bonchev–Trinajstić information content (AvgIpc) is 3.26. The molecule has 384 valence electrons. The van der Waals surface area contributed by atoms with Gasteiger partial charge in [0.2, 0.25) is 0 Å². The molecule has 0 heterocycles. The van der Waals surface area contributed by atoms with Gasteiger partial charge < -0.3 is 27.9 Å². The van der Waals surface area contributed by atoms with Gasteiger partial charge in [-0.3, -0.25) is 14.2 Å². The van der Waals surface area contributed by atoms with Crippen molar-refractivity contribution in [2.45, 2.75) is 270 Å². The number of hydrogen-bond donors (Lipinski definition) is 0. The number of carbonyl (C=O) groups is 2. The number of ether oxygens (including phenoxy) is 2. The van der Waals surface area contributed by atoms with E-state index in [4.69, 9.17) is 18.5 Å². The number of phosphoric ester groups is 1. The molecule has 0 spiro atoms. The van der Waals surface area contributed by atoms with Gasteiger partial charge in [0, 0.05) is 12.8 Å². The minimum atomic E-state index is -4.63. The van der Waals surface area contributed by atoms with Gasteiger partial charge in [-0.1, -0.05) is 231 Å². The van der Waals surface area contributed by atoms with Crippen LogP contribution in [0.25, 0.3) is 0 Å². The van der Waals surface area contributed by atoms with Crippen LogP contribution in [0.1, 0.15) is 264 Å². The maximum atomic E-state index is 12.8. The van der Waals surface area contributed by atoms with Crippen LogP contribution in [0.5, 0.6) is 0 Å². The lowest BCUT2D eigenvalue weighted by Gasteiger charge is -2.28. The van der Waals surface area contributed by atoms with Gasteiger partial charge in [-0.05, 0) is 44.9 Å². The fraction of sp³-hybridized carbons (Fsp3) is 0.891. The van der Waals surface area contributed by atoms with Gasteiger partial charge in [-0.2, -0.15) is 0 Å². The van der Waals surface area contributed by atoms with Crippen LogP contribution in [0.15, 0.2) is 24.3 Å². The number of nitrogens with zero attached hydrogens (tertiary/aromatic N) is 1. The van der Waals surface area contributed by atoms with E-state index in [9.17, 15) is 19.0 Å². The van der Waals surface area contributed by atoms with Crippen LogP contribution in [-0.2, 0) is 32.7 Å². The van der Waals surface area contributed by atoms with Crippen molar-refractivity contribution in [2.75, 3.05) is 47.5 Å². The Labute approximate surface area is 402 Å². The standard InChI is InChI=1S/C55H106NO8P/c1-6-8-10-12-14-16-18-20-22-24-26-27-28-30-31-33-35-37-39-41-43-45-47-54(57)61-51-53(52-63-65(59,60)62-50-49-56(3,4)5)64-55(58)48-46-44-42-40-38-36-34-32-29-25-23-21-19-17-15-13-11-9-7-2/h15,17,21,23,53H,6-14,16,18-20,22,24-52H2,1-5H3/b17-15-,23-21-. The van der Waals surface area contributed by atoms with E-state index in [0.29, 0.717) is 17.4 Å². The van der Waals surface area contributed by atoms with Crippen LogP contribution in [0.4, 0.5) is 0 Å². The molecule has 0 rings (SSSR count). The molecular formula is C55H106NO8P. The third-order valence-electron chi connectivity index (χ3n) is 12.2. The van der Waals surface area contributed by atoms with Crippen LogP contribution in [0.2, 0.25) is 0 Å². The number of esters is 2. The molecule has 0 aromatic rings. The van der Waals surface area contributed by atoms with E-state index in [2.05, 4.69) is 38.2 Å². The highest BCUT2D eigenvalue weighted by Gasteiger charge is 2.21. The van der Waals surface area contributed by atoms with Crippen LogP contribution in [-0.4, -0.2) is 70.0 Å². The van der Waals surface area contributed by atoms with Gasteiger partial charge in [-0.25, -0.2) is 0 Å². The summed E-state index contributed by atoms with van der Waals surface area (Å²) in [6.07, 6.45) is 55.0. The van der Waals surface area contributed by atoms with Crippen LogP contribution < -0.4 is 4.89 Å². The summed E-state index contributed by atoms with van der Waals surface area (Å²) in [4.78, 5) is 37.8. The second-order valence-electron chi connectivity index (χ2n) is 20.0. The molecule has 0 aliphatic rings. The van der Waals surface area contributed by atoms with E-state index in [0.717, 1.165) is 51.4 Å². The van der Waals surface area contributed by atoms with Crippen molar-refractivity contribution in [3.63, 3.8) is 0 Å². The number of likely N-dealkylation sites (N-methyl/N-ethyl adjacent to an activating group) is 1. The van der Waals surface area contributed by atoms with Gasteiger partial charge in [0.15, 0.2) is 6.10 Å². The zero-order chi connectivity index (χ0) is 47.8. The molecule has 0 N–H and O–H groups in total. The quantitative estimate of drug-likeness (QED) is 0.0195. The Kier molecular flexibility index (Phi) is 46.4. The van der Waals surface area contributed by atoms with E-state index in [1.807, 2.05) is 21.1 Å². The van der Waals surface area contributed by atoms with Crippen LogP contribution in [0.3, 0.4) is 0 Å². The van der Waals surface area contributed by atoms with Gasteiger partial charge in [0.25, 0.3) is 7.82 Å². The van der Waals surface area contributed by atoms with Crippen molar-refractivity contribution in [3.8, 4) is 0 Å². The highest BCUT2D eigenvalue weighted by Crippen LogP contribution is 2.38. The minimum Gasteiger partial charge on any atom is -0.756 e. The van der Waals surface area contributed by atoms with Gasteiger partial charge in [-0.15, -0.1) is 0 Å². The Morgan fingerprint density at radius 2 is 0.831 bits per heavy atom. The Hall–Kier alpha value is -1.51. The van der Waals surface area contributed by atoms with E-state index in [-0.39, 0.29) is 32.0 Å². The summed E-state index contributed by atoms with van der Waals surface area (Å²) < 4.78 is 34.1. The molecule has 0 saturated heterocycles. The lowest BCUT2D eigenvalue weighted by molar-refractivity contribution is -0.870. The molecule has 9 nitrogen and oxygen atoms in total. The molecular weight excluding hydrogens is 834 g/mol. The molecule has 0 fully saturated rings. The highest BCUT2D eigenvalue weighted by molar-refractivity contribution is 7.45. The first kappa shape index (κ1) is 63.5. The van der Waals surface area contributed by atoms with Crippen molar-refractivity contribution >= 4 is 19.8 Å². The maximum absolute atomic E-state index is 12.8. The van der Waals surface area contributed by atoms with Gasteiger partial charge >= 0.3 is 11.9 Å². The zero-order valence-corrected chi connectivity index (χ0v) is 44.3. The molecule has 0 radical (unpaired) electrons. The second kappa shape index (κ2) is 47.6. The van der Waals surface area contributed by atoms with Crippen molar-refractivity contribution in [1.29, 1.82) is 0 Å². The van der Waals surface area contributed by atoms with Gasteiger partial charge in [0.1, 0.15) is 19.8 Å². The topological polar surface area (TPSA) is 111 Å². The fourth-order valence-corrected chi connectivity index (χ4v) is 8.65. The van der Waals surface area contributed by atoms with E-state index in [1.54, 1.807) is 0 Å². The molecule has 2 atom stereocenters. The smallest absolute Gasteiger partial charge is 0.306 e. The molecule has 0 saturated carbocycles. The predicted molar refractivity (Wildman–Crippen MR) is 273 cm³/mol. The first-order chi connectivity index (χ1) is 31.5. The third-order valence-corrected chi connectivity index (χ3v) is 13.2. The SMILES string of the molecule is CCCCC/C=C\C/C=C\CCCCCCCCCCCC(=O)OC(COC(=O)CCCCCCCCCCCCCCCCCCCCCCCC)COP(=O)([O-])OCC[N+](C)(C)C. The summed E-state index contributed by atoms with van der Waals surface area (Å²) in [6, 6.07) is 0. The summed E-state index contributed by atoms with van der Waals surface area (Å²) in [5.74, 6) is -0.824. The Morgan fingerprint density at radius 1 is 0.477 bits per heavy atom. The van der Waals surface area contributed by atoms with Crippen molar-refractivity contribution in [1.82, 2.24) is 0 Å². The molecule has 0 aliphatic carbocycles. The molecule has 2 unspecified atom stereocenters. The normalized spacial score (nSPS) is 13.5. The van der Waals surface area contributed by atoms with Gasteiger partial charge in [0.05, 0.1) is 27.7 Å². The van der Waals surface area contributed by atoms with Crippen molar-refractivity contribution in [3.05, 3.63) is 24.3 Å². The first-order valence-electron chi connectivity index (χ1n) is 27.5. The van der Waals surface area contributed by atoms with Crippen LogP contribution >= 0.6 is 7.82 Å². The zero-order valence-electron chi connectivity index (χ0n) is 43.5. The Balaban J connectivity index is 4.17. The summed E-state index contributed by atoms with van der Waals surface area (Å²) in [5, 5.41) is 0. The Morgan fingerprint density at radius 3 is 1.25 bits per heavy atom. The molecule has 0 aliphatic heterocycles. The minimum absolute atomic E-state index is 0.0293. The lowest BCUT2D eigenvalue weighted by atomic mass is 10.0. The monoisotopic (exact) mass is 940 g/mol. The summed E-state index contributed by atoms with van der Waals surface area (Å²) in [5.41, 5.74) is 0. The Bertz CT molecular complexity index is 1150. The molecule has 10 heteroatoms. The number of hydrogen-bond acceptors (Lipinski definition) is 8. The summed E-state index contributed by atoms with van der Waals surface area (Å²) >= 11 is 0. The summed E-state index contributed by atoms with van der Waals surface area (Å²) in [6.45, 7) is 4.25. The molecule has 0 bridgehead atoms. The van der Waals surface area contributed by atoms with Crippen molar-refractivity contribution < 1.29 is 42.1 Å². The number of allylic oxidation sites excluding steroid dienone is 4. The third kappa shape index (κ3) is 51.7. The van der Waals surface area contributed by atoms with E-state index >= 15 is 0 Å². The number of quaternary nitrogens is 1. The molecule has 0 amide bonds. The highest BCUT2D eigenvalue weighted by atomic mass is 31.2. The van der Waals surface area contributed by atoms with E-state index in [1.165, 1.54) is 180 Å². The number of carbonyl (C=O) groups excluding carboxylic acids is 2. The molecule has 0 aromatic carbocycles. The first-order valence-corrected chi connectivity index (χ1v) is 29.0. The number of rotatable bonds is 51. The van der Waals surface area contributed by atoms with E-state index < -0.39 is 26.5 Å². The number of phosphoric acid groups is 1. The largest absolute Gasteiger partial charge is 0.756 e. The average molecular weight is 940 g/mol. The lowest BCUT2D eigenvalue weighted by Crippen LogP contribution is -2.37.